The molecule has 0 saturated carbocycles. The predicted octanol–water partition coefficient (Wildman–Crippen LogP) is 2.27. The molecule has 5 nitrogen and oxygen atoms in total. The molecule has 2 aromatic carbocycles. The quantitative estimate of drug-likeness (QED) is 0.561. The Balaban J connectivity index is 1.75. The maximum atomic E-state index is 11.9. The lowest BCUT2D eigenvalue weighted by atomic mass is 10.2. The second-order valence-corrected chi connectivity index (χ2v) is 5.67. The van der Waals surface area contributed by atoms with E-state index in [1.54, 1.807) is 23.9 Å². The molecule has 3 N–H and O–H groups in total. The van der Waals surface area contributed by atoms with Crippen LogP contribution in [0.3, 0.4) is 0 Å². The molecule has 0 heterocycles. The third-order valence-corrected chi connectivity index (χ3v) is 3.92. The number of amides is 2. The van der Waals surface area contributed by atoms with Gasteiger partial charge in [-0.15, -0.1) is 11.8 Å². The zero-order valence-corrected chi connectivity index (χ0v) is 13.5. The lowest BCUT2D eigenvalue weighted by molar-refractivity contribution is 0.0927. The van der Waals surface area contributed by atoms with Crippen molar-refractivity contribution in [3.8, 4) is 5.75 Å². The fourth-order valence-corrected chi connectivity index (χ4v) is 2.32. The van der Waals surface area contributed by atoms with Gasteiger partial charge in [-0.05, 0) is 54.8 Å². The number of carbonyl (C=O) groups is 2. The fraction of sp³-hybridized carbons (Fsp3) is 0.176. The molecule has 0 aliphatic heterocycles. The first kappa shape index (κ1) is 16.9. The summed E-state index contributed by atoms with van der Waals surface area (Å²) in [7, 11) is 0. The smallest absolute Gasteiger partial charge is 0.251 e. The first-order chi connectivity index (χ1) is 11.1. The van der Waals surface area contributed by atoms with Gasteiger partial charge < -0.3 is 15.7 Å². The number of hydrogen-bond acceptors (Lipinski definition) is 4. The Labute approximate surface area is 139 Å². The third kappa shape index (κ3) is 5.03. The van der Waals surface area contributed by atoms with E-state index in [9.17, 15) is 14.7 Å². The number of aromatic hydroxyl groups is 1. The Morgan fingerprint density at radius 2 is 1.30 bits per heavy atom. The van der Waals surface area contributed by atoms with E-state index in [1.807, 2.05) is 18.4 Å². The van der Waals surface area contributed by atoms with Gasteiger partial charge in [0.25, 0.3) is 11.8 Å². The molecular formula is C17H18N2O3S. The summed E-state index contributed by atoms with van der Waals surface area (Å²) >= 11 is 1.62. The lowest BCUT2D eigenvalue weighted by Gasteiger charge is -2.08. The van der Waals surface area contributed by atoms with Crippen LogP contribution in [0, 0.1) is 0 Å². The van der Waals surface area contributed by atoms with Gasteiger partial charge in [-0.2, -0.15) is 0 Å². The van der Waals surface area contributed by atoms with E-state index in [1.165, 1.54) is 24.3 Å². The number of carbonyl (C=O) groups excluding carboxylic acids is 2. The van der Waals surface area contributed by atoms with Gasteiger partial charge in [0.15, 0.2) is 0 Å². The topological polar surface area (TPSA) is 78.4 Å². The molecule has 2 amide bonds. The van der Waals surface area contributed by atoms with Crippen molar-refractivity contribution in [1.29, 1.82) is 0 Å². The van der Waals surface area contributed by atoms with Crippen molar-refractivity contribution in [2.75, 3.05) is 19.3 Å². The van der Waals surface area contributed by atoms with Crippen LogP contribution >= 0.6 is 11.8 Å². The predicted molar refractivity (Wildman–Crippen MR) is 91.0 cm³/mol. The van der Waals surface area contributed by atoms with Crippen LogP contribution in [-0.4, -0.2) is 36.3 Å². The zero-order valence-electron chi connectivity index (χ0n) is 12.7. The first-order valence-electron chi connectivity index (χ1n) is 7.09. The Morgan fingerprint density at radius 1 is 0.870 bits per heavy atom. The van der Waals surface area contributed by atoms with E-state index in [0.717, 1.165) is 4.90 Å². The highest BCUT2D eigenvalue weighted by Gasteiger charge is 2.06. The van der Waals surface area contributed by atoms with Gasteiger partial charge in [0, 0.05) is 29.1 Å². The Kier molecular flexibility index (Phi) is 6.05. The molecule has 0 aliphatic rings. The molecule has 2 rings (SSSR count). The average molecular weight is 330 g/mol. The van der Waals surface area contributed by atoms with Gasteiger partial charge >= 0.3 is 0 Å². The molecule has 23 heavy (non-hydrogen) atoms. The number of benzene rings is 2. The van der Waals surface area contributed by atoms with E-state index in [0.29, 0.717) is 24.2 Å². The van der Waals surface area contributed by atoms with Crippen molar-refractivity contribution in [2.24, 2.45) is 0 Å². The second kappa shape index (κ2) is 8.24. The molecule has 0 atom stereocenters. The third-order valence-electron chi connectivity index (χ3n) is 3.18. The number of thioether (sulfide) groups is 1. The molecule has 2 aromatic rings. The molecule has 120 valence electrons. The van der Waals surface area contributed by atoms with Crippen molar-refractivity contribution >= 4 is 23.6 Å². The van der Waals surface area contributed by atoms with Crippen molar-refractivity contribution in [1.82, 2.24) is 10.6 Å². The van der Waals surface area contributed by atoms with E-state index in [-0.39, 0.29) is 17.6 Å². The highest BCUT2D eigenvalue weighted by molar-refractivity contribution is 7.98. The standard InChI is InChI=1S/C17H18N2O3S/c1-23-15-8-4-13(5-9-15)17(22)19-11-10-18-16(21)12-2-6-14(20)7-3-12/h2-9,20H,10-11H2,1H3,(H,18,21)(H,19,22). The summed E-state index contributed by atoms with van der Waals surface area (Å²) in [4.78, 5) is 24.9. The number of hydrogen-bond donors (Lipinski definition) is 3. The van der Waals surface area contributed by atoms with Gasteiger partial charge in [-0.1, -0.05) is 0 Å². The van der Waals surface area contributed by atoms with E-state index in [4.69, 9.17) is 0 Å². The number of nitrogens with one attached hydrogen (secondary N) is 2. The SMILES string of the molecule is CSc1ccc(C(=O)NCCNC(=O)c2ccc(O)cc2)cc1. The van der Waals surface area contributed by atoms with E-state index >= 15 is 0 Å². The molecule has 0 bridgehead atoms. The second-order valence-electron chi connectivity index (χ2n) is 4.79. The number of phenolic OH excluding ortho intramolecular Hbond substituents is 1. The van der Waals surface area contributed by atoms with Gasteiger partial charge in [-0.25, -0.2) is 0 Å². The van der Waals surface area contributed by atoms with Crippen LogP contribution in [0.5, 0.6) is 5.75 Å². The van der Waals surface area contributed by atoms with Gasteiger partial charge in [0.05, 0.1) is 0 Å². The van der Waals surface area contributed by atoms with Crippen LogP contribution in [0.4, 0.5) is 0 Å². The monoisotopic (exact) mass is 330 g/mol. The summed E-state index contributed by atoms with van der Waals surface area (Å²) in [6, 6.07) is 13.3. The maximum Gasteiger partial charge on any atom is 0.251 e. The van der Waals surface area contributed by atoms with Crippen molar-refractivity contribution < 1.29 is 14.7 Å². The van der Waals surface area contributed by atoms with E-state index < -0.39 is 0 Å². The van der Waals surface area contributed by atoms with Gasteiger partial charge in [-0.3, -0.25) is 9.59 Å². The normalized spacial score (nSPS) is 10.1. The van der Waals surface area contributed by atoms with Crippen LogP contribution < -0.4 is 10.6 Å². The Morgan fingerprint density at radius 3 is 1.74 bits per heavy atom. The highest BCUT2D eigenvalue weighted by atomic mass is 32.2. The highest BCUT2D eigenvalue weighted by Crippen LogP contribution is 2.14. The summed E-state index contributed by atoms with van der Waals surface area (Å²) < 4.78 is 0. The summed E-state index contributed by atoms with van der Waals surface area (Å²) in [5.74, 6) is -0.304. The van der Waals surface area contributed by atoms with Gasteiger partial charge in [0.1, 0.15) is 5.75 Å². The van der Waals surface area contributed by atoms with Crippen LogP contribution in [0.1, 0.15) is 20.7 Å². The van der Waals surface area contributed by atoms with Crippen molar-refractivity contribution in [3.05, 3.63) is 59.7 Å². The lowest BCUT2D eigenvalue weighted by Crippen LogP contribution is -2.34. The molecular weight excluding hydrogens is 312 g/mol. The minimum Gasteiger partial charge on any atom is -0.508 e. The van der Waals surface area contributed by atoms with Crippen LogP contribution in [0.2, 0.25) is 0 Å². The Bertz CT molecular complexity index is 669. The molecule has 0 saturated heterocycles. The van der Waals surface area contributed by atoms with Crippen LogP contribution in [-0.2, 0) is 0 Å². The summed E-state index contributed by atoms with van der Waals surface area (Å²) in [5.41, 5.74) is 1.05. The molecule has 0 spiro atoms. The van der Waals surface area contributed by atoms with Crippen LogP contribution in [0.25, 0.3) is 0 Å². The molecule has 0 fully saturated rings. The first-order valence-corrected chi connectivity index (χ1v) is 8.32. The summed E-state index contributed by atoms with van der Waals surface area (Å²) in [5, 5.41) is 14.6. The Hall–Kier alpha value is -2.47. The average Bonchev–Trinajstić information content (AvgIpc) is 2.59. The van der Waals surface area contributed by atoms with Gasteiger partial charge in [0.2, 0.25) is 0 Å². The van der Waals surface area contributed by atoms with E-state index in [2.05, 4.69) is 10.6 Å². The minimum atomic E-state index is -0.247. The molecule has 0 aliphatic carbocycles. The largest absolute Gasteiger partial charge is 0.508 e. The fourth-order valence-electron chi connectivity index (χ4n) is 1.91. The molecule has 0 unspecified atom stereocenters. The summed E-state index contributed by atoms with van der Waals surface area (Å²) in [6.45, 7) is 0.668. The number of rotatable bonds is 6. The van der Waals surface area contributed by atoms with Crippen molar-refractivity contribution in [2.45, 2.75) is 4.90 Å². The number of phenols is 1. The molecule has 0 radical (unpaired) electrons. The molecule has 0 aromatic heterocycles. The van der Waals surface area contributed by atoms with Crippen LogP contribution in [0.15, 0.2) is 53.4 Å². The summed E-state index contributed by atoms with van der Waals surface area (Å²) in [6.07, 6.45) is 1.98. The van der Waals surface area contributed by atoms with Crippen molar-refractivity contribution in [3.63, 3.8) is 0 Å². The molecule has 6 heteroatoms. The maximum absolute atomic E-state index is 11.9. The minimum absolute atomic E-state index is 0.112. The zero-order chi connectivity index (χ0) is 16.7.